The molecule has 2 N–H and O–H groups in total. The van der Waals surface area contributed by atoms with Gasteiger partial charge in [-0.25, -0.2) is 18.1 Å². The molecule has 1 saturated heterocycles. The molecule has 102 valence electrons. The number of nitrogens with one attached hydrogen (secondary N) is 2. The van der Waals surface area contributed by atoms with E-state index in [0.717, 1.165) is 6.54 Å². The fourth-order valence-corrected chi connectivity index (χ4v) is 2.71. The fraction of sp³-hybridized carbons (Fsp3) is 0.700. The Labute approximate surface area is 107 Å². The van der Waals surface area contributed by atoms with Crippen LogP contribution in [0, 0.1) is 0 Å². The highest BCUT2D eigenvalue weighted by atomic mass is 32.2. The Morgan fingerprint density at radius 3 is 3.11 bits per heavy atom. The molecule has 7 nitrogen and oxygen atoms in total. The first kappa shape index (κ1) is 13.5. The third-order valence-electron chi connectivity index (χ3n) is 2.77. The van der Waals surface area contributed by atoms with E-state index in [1.54, 1.807) is 4.57 Å². The van der Waals surface area contributed by atoms with Crippen molar-refractivity contribution in [1.82, 2.24) is 19.6 Å². The van der Waals surface area contributed by atoms with Crippen LogP contribution >= 0.6 is 0 Å². The summed E-state index contributed by atoms with van der Waals surface area (Å²) in [5.41, 5.74) is 0. The van der Waals surface area contributed by atoms with Crippen LogP contribution in [0.4, 0.5) is 0 Å². The van der Waals surface area contributed by atoms with Crippen LogP contribution in [0.15, 0.2) is 17.6 Å². The molecule has 0 saturated carbocycles. The van der Waals surface area contributed by atoms with Gasteiger partial charge in [-0.1, -0.05) is 0 Å². The van der Waals surface area contributed by atoms with Gasteiger partial charge in [0.25, 0.3) is 10.0 Å². The maximum absolute atomic E-state index is 11.9. The van der Waals surface area contributed by atoms with Gasteiger partial charge in [0.1, 0.15) is 0 Å². The maximum Gasteiger partial charge on any atom is 0.259 e. The lowest BCUT2D eigenvalue weighted by molar-refractivity contribution is 0.0784. The van der Waals surface area contributed by atoms with Crippen molar-refractivity contribution in [2.45, 2.75) is 24.5 Å². The molecule has 1 atom stereocenters. The Hall–Kier alpha value is -0.960. The molecule has 0 bridgehead atoms. The number of hydrogen-bond acceptors (Lipinski definition) is 5. The molecule has 1 aliphatic heterocycles. The van der Waals surface area contributed by atoms with E-state index in [2.05, 4.69) is 15.0 Å². The van der Waals surface area contributed by atoms with Crippen LogP contribution in [0.2, 0.25) is 0 Å². The molecule has 8 heteroatoms. The number of ether oxygens (including phenoxy) is 1. The summed E-state index contributed by atoms with van der Waals surface area (Å²) in [7, 11) is -3.53. The molecule has 18 heavy (non-hydrogen) atoms. The van der Waals surface area contributed by atoms with Crippen LogP contribution in [-0.2, 0) is 21.3 Å². The van der Waals surface area contributed by atoms with Gasteiger partial charge in [0, 0.05) is 31.9 Å². The number of aromatic nitrogens is 2. The second kappa shape index (κ2) is 5.79. The van der Waals surface area contributed by atoms with Crippen molar-refractivity contribution >= 4 is 10.0 Å². The van der Waals surface area contributed by atoms with Gasteiger partial charge >= 0.3 is 0 Å². The topological polar surface area (TPSA) is 85.2 Å². The zero-order valence-electron chi connectivity index (χ0n) is 10.3. The molecule has 2 rings (SSSR count). The van der Waals surface area contributed by atoms with Crippen molar-refractivity contribution in [3.63, 3.8) is 0 Å². The molecule has 0 spiro atoms. The molecule has 0 aliphatic carbocycles. The molecule has 1 unspecified atom stereocenters. The molecule has 0 aromatic carbocycles. The van der Waals surface area contributed by atoms with Crippen molar-refractivity contribution in [3.05, 3.63) is 12.5 Å². The predicted molar refractivity (Wildman–Crippen MR) is 65.7 cm³/mol. The van der Waals surface area contributed by atoms with Crippen molar-refractivity contribution in [2.24, 2.45) is 0 Å². The molecule has 1 aromatic heterocycles. The number of rotatable bonds is 5. The molecule has 1 aromatic rings. The average molecular weight is 274 g/mol. The summed E-state index contributed by atoms with van der Waals surface area (Å²) in [5.74, 6) is 0. The average Bonchev–Trinajstić information content (AvgIpc) is 2.87. The Bertz CT molecular complexity index is 479. The van der Waals surface area contributed by atoms with Crippen LogP contribution in [0.1, 0.15) is 6.92 Å². The summed E-state index contributed by atoms with van der Waals surface area (Å²) in [6.45, 7) is 4.86. The SMILES string of the molecule is CCn1cnc(S(=O)(=O)NCC2COCCN2)c1. The van der Waals surface area contributed by atoms with Crippen LogP contribution in [0.25, 0.3) is 0 Å². The van der Waals surface area contributed by atoms with Gasteiger partial charge in [-0.15, -0.1) is 0 Å². The highest BCUT2D eigenvalue weighted by molar-refractivity contribution is 7.89. The summed E-state index contributed by atoms with van der Waals surface area (Å²) < 4.78 is 33.4. The zero-order chi connectivity index (χ0) is 13.0. The van der Waals surface area contributed by atoms with Gasteiger partial charge in [0.15, 0.2) is 5.03 Å². The largest absolute Gasteiger partial charge is 0.378 e. The predicted octanol–water partition coefficient (Wildman–Crippen LogP) is -0.830. The quantitative estimate of drug-likeness (QED) is 0.732. The van der Waals surface area contributed by atoms with Gasteiger partial charge in [-0.3, -0.25) is 0 Å². The number of sulfonamides is 1. The van der Waals surface area contributed by atoms with Crippen LogP contribution in [0.5, 0.6) is 0 Å². The van der Waals surface area contributed by atoms with Crippen LogP contribution in [0.3, 0.4) is 0 Å². The van der Waals surface area contributed by atoms with Crippen LogP contribution in [-0.4, -0.2) is 50.3 Å². The summed E-state index contributed by atoms with van der Waals surface area (Å²) in [4.78, 5) is 3.88. The number of imidazole rings is 1. The lowest BCUT2D eigenvalue weighted by atomic mass is 10.3. The van der Waals surface area contributed by atoms with Gasteiger partial charge in [-0.2, -0.15) is 0 Å². The van der Waals surface area contributed by atoms with E-state index in [0.29, 0.717) is 26.3 Å². The number of morpholine rings is 1. The van der Waals surface area contributed by atoms with Gasteiger partial charge in [-0.05, 0) is 6.92 Å². The second-order valence-electron chi connectivity index (χ2n) is 4.12. The lowest BCUT2D eigenvalue weighted by Gasteiger charge is -2.23. The Kier molecular flexibility index (Phi) is 4.33. The normalized spacial score (nSPS) is 21.1. The Morgan fingerprint density at radius 2 is 2.50 bits per heavy atom. The molecule has 0 radical (unpaired) electrons. The minimum atomic E-state index is -3.53. The van der Waals surface area contributed by atoms with Crippen molar-refractivity contribution in [3.8, 4) is 0 Å². The van der Waals surface area contributed by atoms with Crippen molar-refractivity contribution < 1.29 is 13.2 Å². The van der Waals surface area contributed by atoms with E-state index in [-0.39, 0.29) is 11.1 Å². The number of aryl methyl sites for hydroxylation is 1. The highest BCUT2D eigenvalue weighted by Gasteiger charge is 2.20. The first-order chi connectivity index (χ1) is 8.62. The molecular formula is C10H18N4O3S. The smallest absolute Gasteiger partial charge is 0.259 e. The van der Waals surface area contributed by atoms with Crippen molar-refractivity contribution in [2.75, 3.05) is 26.3 Å². The third kappa shape index (κ3) is 3.29. The second-order valence-corrected chi connectivity index (χ2v) is 5.83. The molecule has 2 heterocycles. The van der Waals surface area contributed by atoms with E-state index in [1.165, 1.54) is 12.5 Å². The van der Waals surface area contributed by atoms with Crippen LogP contribution < -0.4 is 10.0 Å². The van der Waals surface area contributed by atoms with Gasteiger partial charge in [0.2, 0.25) is 0 Å². The van der Waals surface area contributed by atoms with E-state index in [4.69, 9.17) is 4.74 Å². The first-order valence-electron chi connectivity index (χ1n) is 5.94. The van der Waals surface area contributed by atoms with Gasteiger partial charge < -0.3 is 14.6 Å². The maximum atomic E-state index is 11.9. The van der Waals surface area contributed by atoms with E-state index < -0.39 is 10.0 Å². The molecule has 0 amide bonds. The number of hydrogen-bond donors (Lipinski definition) is 2. The summed E-state index contributed by atoms with van der Waals surface area (Å²) in [6.07, 6.45) is 3.03. The molecule has 1 fully saturated rings. The highest BCUT2D eigenvalue weighted by Crippen LogP contribution is 2.05. The minimum Gasteiger partial charge on any atom is -0.378 e. The standard InChI is InChI=1S/C10H18N4O3S/c1-2-14-6-10(12-8-14)18(15,16)13-5-9-7-17-4-3-11-9/h6,8-9,11,13H,2-5,7H2,1H3. The van der Waals surface area contributed by atoms with E-state index >= 15 is 0 Å². The summed E-state index contributed by atoms with van der Waals surface area (Å²) >= 11 is 0. The third-order valence-corrected chi connectivity index (χ3v) is 4.08. The van der Waals surface area contributed by atoms with E-state index in [9.17, 15) is 8.42 Å². The first-order valence-corrected chi connectivity index (χ1v) is 7.42. The van der Waals surface area contributed by atoms with E-state index in [1.807, 2.05) is 6.92 Å². The zero-order valence-corrected chi connectivity index (χ0v) is 11.1. The number of nitrogens with zero attached hydrogens (tertiary/aromatic N) is 2. The Morgan fingerprint density at radius 1 is 1.67 bits per heavy atom. The summed E-state index contributed by atoms with van der Waals surface area (Å²) in [6, 6.07) is 0.0155. The minimum absolute atomic E-state index is 0.0155. The summed E-state index contributed by atoms with van der Waals surface area (Å²) in [5, 5.41) is 3.24. The Balaban J connectivity index is 1.94. The van der Waals surface area contributed by atoms with Gasteiger partial charge in [0.05, 0.1) is 19.5 Å². The lowest BCUT2D eigenvalue weighted by Crippen LogP contribution is -2.48. The van der Waals surface area contributed by atoms with Crippen molar-refractivity contribution in [1.29, 1.82) is 0 Å². The monoisotopic (exact) mass is 274 g/mol. The fourth-order valence-electron chi connectivity index (χ4n) is 1.69. The molecular weight excluding hydrogens is 256 g/mol. The molecule has 1 aliphatic rings.